The van der Waals surface area contributed by atoms with Crippen LogP contribution >= 0.6 is 0 Å². The van der Waals surface area contributed by atoms with Crippen LogP contribution in [0.5, 0.6) is 23.0 Å². The zero-order valence-electron chi connectivity index (χ0n) is 20.8. The maximum absolute atomic E-state index is 13.7. The number of nitrogens with one attached hydrogen (secondary N) is 1. The molecular weight excluding hydrogens is 462 g/mol. The number of ketones is 1. The van der Waals surface area contributed by atoms with E-state index in [0.717, 1.165) is 16.8 Å². The Morgan fingerprint density at radius 1 is 1.03 bits per heavy atom. The fraction of sp³-hybridized carbons (Fsp3) is 0.357. The van der Waals surface area contributed by atoms with E-state index >= 15 is 0 Å². The number of allylic oxidation sites excluding steroid dienone is 3. The average Bonchev–Trinajstić information content (AvgIpc) is 3.35. The topological polar surface area (TPSA) is 92.3 Å². The van der Waals surface area contributed by atoms with E-state index in [1.807, 2.05) is 50.2 Å². The van der Waals surface area contributed by atoms with E-state index in [-0.39, 0.29) is 18.5 Å². The quantitative estimate of drug-likeness (QED) is 0.601. The summed E-state index contributed by atoms with van der Waals surface area (Å²) < 4.78 is 27.3. The van der Waals surface area contributed by atoms with E-state index in [1.54, 1.807) is 7.11 Å². The number of fused-ring (bicyclic) bond motifs is 2. The number of methoxy groups -OCH3 is 2. The lowest BCUT2D eigenvalue weighted by Gasteiger charge is -2.39. The van der Waals surface area contributed by atoms with Gasteiger partial charge in [0.15, 0.2) is 23.0 Å². The third-order valence-electron chi connectivity index (χ3n) is 6.94. The molecule has 1 aliphatic carbocycles. The SMILES string of the molecule is CCOc1ccc(C2C=C3NC(C)=C(C(=O)OC)C(c4ccc5c(c4)OCO5)C3C(=O)C2)cc1OC. The van der Waals surface area contributed by atoms with Gasteiger partial charge < -0.3 is 29.0 Å². The van der Waals surface area contributed by atoms with Crippen LogP contribution in [-0.2, 0) is 14.3 Å². The van der Waals surface area contributed by atoms with Crippen LogP contribution in [0.2, 0.25) is 0 Å². The Kier molecular flexibility index (Phi) is 6.35. The van der Waals surface area contributed by atoms with E-state index in [1.165, 1.54) is 7.11 Å². The van der Waals surface area contributed by atoms with Gasteiger partial charge in [-0.1, -0.05) is 18.2 Å². The number of hydrogen-bond acceptors (Lipinski definition) is 8. The van der Waals surface area contributed by atoms with Gasteiger partial charge in [0, 0.05) is 29.7 Å². The molecule has 0 saturated heterocycles. The number of carbonyl (C=O) groups is 2. The Morgan fingerprint density at radius 2 is 1.81 bits per heavy atom. The number of ether oxygens (including phenoxy) is 5. The van der Waals surface area contributed by atoms with Crippen LogP contribution in [0.1, 0.15) is 43.2 Å². The summed E-state index contributed by atoms with van der Waals surface area (Å²) in [5.41, 5.74) is 3.62. The second-order valence-corrected chi connectivity index (χ2v) is 8.97. The fourth-order valence-electron chi connectivity index (χ4n) is 5.32. The third kappa shape index (κ3) is 4.06. The van der Waals surface area contributed by atoms with Crippen LogP contribution in [0.25, 0.3) is 0 Å². The first-order valence-electron chi connectivity index (χ1n) is 12.0. The standard InChI is InChI=1S/C28H29NO7/c1-5-34-21-8-6-16(12-23(21)32-3)18-10-19-27(20(30)11-18)26(25(15(2)29-19)28(31)33-4)17-7-9-22-24(13-17)36-14-35-22/h6-10,12-13,18,26-27,29H,5,11,14H2,1-4H3. The molecule has 3 atom stereocenters. The first kappa shape index (κ1) is 23.8. The van der Waals surface area contributed by atoms with E-state index in [9.17, 15) is 9.59 Å². The predicted octanol–water partition coefficient (Wildman–Crippen LogP) is 4.21. The molecule has 36 heavy (non-hydrogen) atoms. The molecule has 2 aromatic carbocycles. The molecule has 2 heterocycles. The highest BCUT2D eigenvalue weighted by Gasteiger charge is 2.45. The molecule has 8 heteroatoms. The Bertz CT molecular complexity index is 1280. The smallest absolute Gasteiger partial charge is 0.336 e. The predicted molar refractivity (Wildman–Crippen MR) is 131 cm³/mol. The molecule has 0 aromatic heterocycles. The van der Waals surface area contributed by atoms with Gasteiger partial charge in [0.25, 0.3) is 0 Å². The second kappa shape index (κ2) is 9.60. The van der Waals surface area contributed by atoms with E-state index in [4.69, 9.17) is 23.7 Å². The maximum atomic E-state index is 13.7. The molecule has 0 saturated carbocycles. The Hall–Kier alpha value is -3.94. The van der Waals surface area contributed by atoms with Gasteiger partial charge in [-0.25, -0.2) is 4.79 Å². The van der Waals surface area contributed by atoms with Crippen molar-refractivity contribution in [2.45, 2.75) is 32.1 Å². The number of benzene rings is 2. The minimum absolute atomic E-state index is 0.0365. The van der Waals surface area contributed by atoms with Crippen LogP contribution in [0.3, 0.4) is 0 Å². The normalized spacial score (nSPS) is 22.4. The molecule has 188 valence electrons. The van der Waals surface area contributed by atoms with Gasteiger partial charge in [-0.3, -0.25) is 4.79 Å². The molecular formula is C28H29NO7. The van der Waals surface area contributed by atoms with Crippen molar-refractivity contribution in [2.24, 2.45) is 5.92 Å². The Labute approximate surface area is 209 Å². The van der Waals surface area contributed by atoms with E-state index in [0.29, 0.717) is 47.3 Å². The Morgan fingerprint density at radius 3 is 2.56 bits per heavy atom. The minimum Gasteiger partial charge on any atom is -0.493 e. The lowest BCUT2D eigenvalue weighted by atomic mass is 9.68. The summed E-state index contributed by atoms with van der Waals surface area (Å²) in [6.45, 7) is 4.42. The lowest BCUT2D eigenvalue weighted by molar-refractivity contribution is -0.136. The first-order chi connectivity index (χ1) is 17.4. The maximum Gasteiger partial charge on any atom is 0.336 e. The monoisotopic (exact) mass is 491 g/mol. The van der Waals surface area contributed by atoms with Crippen LogP contribution in [0.4, 0.5) is 0 Å². The largest absolute Gasteiger partial charge is 0.493 e. The molecule has 0 radical (unpaired) electrons. The van der Waals surface area contributed by atoms with Gasteiger partial charge in [0.1, 0.15) is 5.78 Å². The van der Waals surface area contributed by atoms with Gasteiger partial charge in [-0.05, 0) is 49.2 Å². The first-order valence-corrected chi connectivity index (χ1v) is 12.0. The molecule has 0 spiro atoms. The van der Waals surface area contributed by atoms with Gasteiger partial charge in [-0.15, -0.1) is 0 Å². The number of hydrogen-bond donors (Lipinski definition) is 1. The van der Waals surface area contributed by atoms with Crippen molar-refractivity contribution in [1.29, 1.82) is 0 Å². The third-order valence-corrected chi connectivity index (χ3v) is 6.94. The van der Waals surface area contributed by atoms with Crippen molar-refractivity contribution < 1.29 is 33.3 Å². The molecule has 3 aliphatic rings. The summed E-state index contributed by atoms with van der Waals surface area (Å²) in [6, 6.07) is 11.3. The van der Waals surface area contributed by atoms with Crippen LogP contribution < -0.4 is 24.3 Å². The highest BCUT2D eigenvalue weighted by molar-refractivity contribution is 5.96. The van der Waals surface area contributed by atoms with Crippen LogP contribution in [-0.4, -0.2) is 39.4 Å². The van der Waals surface area contributed by atoms with Crippen LogP contribution in [0.15, 0.2) is 59.4 Å². The summed E-state index contributed by atoms with van der Waals surface area (Å²) in [7, 11) is 2.95. The molecule has 0 fully saturated rings. The molecule has 1 N–H and O–H groups in total. The molecule has 8 nitrogen and oxygen atoms in total. The molecule has 2 aliphatic heterocycles. The van der Waals surface area contributed by atoms with Crippen LogP contribution in [0, 0.1) is 5.92 Å². The van der Waals surface area contributed by atoms with E-state index in [2.05, 4.69) is 11.4 Å². The van der Waals surface area contributed by atoms with Gasteiger partial charge >= 0.3 is 5.97 Å². The second-order valence-electron chi connectivity index (χ2n) is 8.97. The lowest BCUT2D eigenvalue weighted by Crippen LogP contribution is -2.41. The van der Waals surface area contributed by atoms with Crippen molar-refractivity contribution in [2.75, 3.05) is 27.6 Å². The number of Topliss-reactive ketones (excluding diaryl/α,β-unsaturated/α-hetero) is 1. The van der Waals surface area contributed by atoms with Crippen molar-refractivity contribution in [1.82, 2.24) is 5.32 Å². The van der Waals surface area contributed by atoms with Crippen molar-refractivity contribution in [3.8, 4) is 23.0 Å². The zero-order chi connectivity index (χ0) is 25.4. The van der Waals surface area contributed by atoms with Gasteiger partial charge in [-0.2, -0.15) is 0 Å². The molecule has 0 bridgehead atoms. The van der Waals surface area contributed by atoms with Crippen molar-refractivity contribution >= 4 is 11.8 Å². The summed E-state index contributed by atoms with van der Waals surface area (Å²) in [5, 5.41) is 3.33. The summed E-state index contributed by atoms with van der Waals surface area (Å²) in [6.07, 6.45) is 2.38. The van der Waals surface area contributed by atoms with Gasteiger partial charge in [0.2, 0.25) is 6.79 Å². The van der Waals surface area contributed by atoms with Gasteiger partial charge in [0.05, 0.1) is 32.3 Å². The molecule has 5 rings (SSSR count). The molecule has 2 aromatic rings. The minimum atomic E-state index is -0.552. The number of rotatable bonds is 6. The van der Waals surface area contributed by atoms with Crippen molar-refractivity contribution in [3.05, 3.63) is 70.6 Å². The van der Waals surface area contributed by atoms with Crippen molar-refractivity contribution in [3.63, 3.8) is 0 Å². The highest BCUT2D eigenvalue weighted by atomic mass is 16.7. The number of esters is 1. The highest BCUT2D eigenvalue weighted by Crippen LogP contribution is 2.48. The summed E-state index contributed by atoms with van der Waals surface area (Å²) in [4.78, 5) is 26.6. The average molecular weight is 492 g/mol. The van der Waals surface area contributed by atoms with E-state index < -0.39 is 17.8 Å². The molecule has 0 amide bonds. The number of carbonyl (C=O) groups excluding carboxylic acids is 2. The fourth-order valence-corrected chi connectivity index (χ4v) is 5.32. The summed E-state index contributed by atoms with van der Waals surface area (Å²) >= 11 is 0. The Balaban J connectivity index is 1.57. The zero-order valence-corrected chi connectivity index (χ0v) is 20.8. The summed E-state index contributed by atoms with van der Waals surface area (Å²) in [5.74, 6) is 0.891. The molecule has 3 unspecified atom stereocenters.